The molecule has 0 aliphatic carbocycles. The number of esters is 1. The first-order chi connectivity index (χ1) is 19.4. The smallest absolute Gasteiger partial charge is 0.410 e. The number of carbonyl (C=O) groups excluding carboxylic acids is 2. The lowest BCUT2D eigenvalue weighted by Crippen LogP contribution is -2.16. The highest BCUT2D eigenvalue weighted by molar-refractivity contribution is 6.32. The maximum atomic E-state index is 13.8. The Morgan fingerprint density at radius 3 is 2.60 bits per heavy atom. The van der Waals surface area contributed by atoms with Gasteiger partial charge in [-0.1, -0.05) is 29.8 Å². The average molecular weight is 562 g/mol. The lowest BCUT2D eigenvalue weighted by molar-refractivity contribution is 0.0492. The number of fused-ring (bicyclic) bond motifs is 1. The minimum absolute atomic E-state index is 0.152. The van der Waals surface area contributed by atoms with E-state index >= 15 is 0 Å². The summed E-state index contributed by atoms with van der Waals surface area (Å²) in [4.78, 5) is 31.9. The van der Waals surface area contributed by atoms with E-state index in [1.807, 2.05) is 22.9 Å². The highest BCUT2D eigenvalue weighted by atomic mass is 35.5. The van der Waals surface area contributed by atoms with E-state index in [1.54, 1.807) is 42.5 Å². The van der Waals surface area contributed by atoms with Gasteiger partial charge < -0.3 is 29.8 Å². The molecule has 1 amide bonds. The Morgan fingerprint density at radius 1 is 1.00 bits per heavy atom. The van der Waals surface area contributed by atoms with Crippen LogP contribution in [-0.2, 0) is 11.3 Å². The largest absolute Gasteiger partial charge is 0.460 e. The molecule has 202 valence electrons. The zero-order valence-corrected chi connectivity index (χ0v) is 21.5. The summed E-state index contributed by atoms with van der Waals surface area (Å²) in [6, 6.07) is 19.2. The average Bonchev–Trinajstić information content (AvgIpc) is 3.36. The summed E-state index contributed by atoms with van der Waals surface area (Å²) in [6.07, 6.45) is 2.12. The Kier molecular flexibility index (Phi) is 7.74. The van der Waals surface area contributed by atoms with E-state index in [2.05, 4.69) is 20.0 Å². The minimum Gasteiger partial charge on any atom is -0.460 e. The molecule has 0 fully saturated rings. The number of amides is 1. The first-order valence-corrected chi connectivity index (χ1v) is 12.3. The molecule has 40 heavy (non-hydrogen) atoms. The van der Waals surface area contributed by atoms with Crippen molar-refractivity contribution in [1.29, 1.82) is 0 Å². The number of nitrogens with two attached hydrogens (primary N) is 1. The molecule has 5 aromatic rings. The molecule has 12 heteroatoms. The molecule has 3 aromatic carbocycles. The topological polar surface area (TPSA) is 131 Å². The van der Waals surface area contributed by atoms with Gasteiger partial charge in [-0.15, -0.1) is 0 Å². The number of primary amides is 1. The molecule has 0 saturated carbocycles. The third kappa shape index (κ3) is 6.11. The second kappa shape index (κ2) is 11.7. The number of ether oxygens (including phenoxy) is 3. The summed E-state index contributed by atoms with van der Waals surface area (Å²) in [6.45, 7) is 0.538. The van der Waals surface area contributed by atoms with Crippen molar-refractivity contribution in [3.05, 3.63) is 102 Å². The summed E-state index contributed by atoms with van der Waals surface area (Å²) in [5.74, 6) is -0.567. The second-order valence-corrected chi connectivity index (χ2v) is 8.76. The van der Waals surface area contributed by atoms with Crippen molar-refractivity contribution in [3.8, 4) is 17.2 Å². The number of anilines is 2. The van der Waals surface area contributed by atoms with E-state index in [-0.39, 0.29) is 28.9 Å². The molecule has 0 radical (unpaired) electrons. The molecule has 0 spiro atoms. The van der Waals surface area contributed by atoms with Gasteiger partial charge >= 0.3 is 12.1 Å². The van der Waals surface area contributed by atoms with Crippen LogP contribution in [0.3, 0.4) is 0 Å². The summed E-state index contributed by atoms with van der Waals surface area (Å²) in [5, 5.41) is 3.48. The van der Waals surface area contributed by atoms with Crippen molar-refractivity contribution >= 4 is 46.2 Å². The first kappa shape index (κ1) is 26.4. The van der Waals surface area contributed by atoms with Gasteiger partial charge in [-0.2, -0.15) is 0 Å². The van der Waals surface area contributed by atoms with Crippen molar-refractivity contribution in [2.45, 2.75) is 6.54 Å². The van der Waals surface area contributed by atoms with Gasteiger partial charge in [-0.05, 0) is 48.5 Å². The summed E-state index contributed by atoms with van der Waals surface area (Å²) >= 11 is 6.45. The maximum absolute atomic E-state index is 13.8. The lowest BCUT2D eigenvalue weighted by atomic mass is 10.2. The quantitative estimate of drug-likeness (QED) is 0.207. The predicted octanol–water partition coefficient (Wildman–Crippen LogP) is 6.07. The molecule has 3 N–H and O–H groups in total. The maximum Gasteiger partial charge on any atom is 0.410 e. The fourth-order valence-electron chi connectivity index (χ4n) is 3.86. The third-order valence-corrected chi connectivity index (χ3v) is 5.96. The van der Waals surface area contributed by atoms with E-state index in [0.717, 1.165) is 6.07 Å². The van der Waals surface area contributed by atoms with E-state index < -0.39 is 17.9 Å². The number of rotatable bonds is 9. The monoisotopic (exact) mass is 561 g/mol. The number of nitrogens with zero attached hydrogens (tertiary/aromatic N) is 3. The fourth-order valence-corrected chi connectivity index (χ4v) is 4.08. The zero-order chi connectivity index (χ0) is 28.1. The third-order valence-electron chi connectivity index (χ3n) is 5.66. The van der Waals surface area contributed by atoms with E-state index in [1.165, 1.54) is 18.5 Å². The summed E-state index contributed by atoms with van der Waals surface area (Å²) in [5.41, 5.74) is 7.47. The molecular weight excluding hydrogens is 541 g/mol. The Labute approximate surface area is 232 Å². The Balaban J connectivity index is 1.29. The number of nitrogens with one attached hydrogen (secondary N) is 1. The molecule has 5 rings (SSSR count). The molecule has 0 aliphatic heterocycles. The van der Waals surface area contributed by atoms with Crippen LogP contribution in [0.5, 0.6) is 17.2 Å². The van der Waals surface area contributed by atoms with Crippen LogP contribution < -0.4 is 20.5 Å². The second-order valence-electron chi connectivity index (χ2n) is 8.35. The van der Waals surface area contributed by atoms with Gasteiger partial charge in [-0.3, -0.25) is 0 Å². The highest BCUT2D eigenvalue weighted by Crippen LogP contribution is 2.35. The SMILES string of the molecule is NC(=O)Oc1cc(Oc2ccc(Nc3ncnc4ccn(CCOC(=O)c5ccccc5)c34)cc2Cl)ccc1F. The molecule has 0 unspecified atom stereocenters. The number of benzene rings is 3. The van der Waals surface area contributed by atoms with E-state index in [4.69, 9.17) is 26.8 Å². The van der Waals surface area contributed by atoms with Gasteiger partial charge in [0.15, 0.2) is 17.4 Å². The zero-order valence-electron chi connectivity index (χ0n) is 20.7. The molecule has 0 saturated heterocycles. The summed E-state index contributed by atoms with van der Waals surface area (Å²) in [7, 11) is 0. The van der Waals surface area contributed by atoms with Crippen LogP contribution >= 0.6 is 11.6 Å². The molecular formula is C28H21ClFN5O5. The molecule has 2 heterocycles. The minimum atomic E-state index is -1.15. The van der Waals surface area contributed by atoms with Crippen LogP contribution in [0.1, 0.15) is 10.4 Å². The molecule has 2 aromatic heterocycles. The standard InChI is InChI=1S/C28H21ClFN5O5/c29-20-14-18(6-9-23(20)39-19-7-8-21(30)24(15-19)40-28(31)37)34-26-25-22(32-16-33-26)10-11-35(25)12-13-38-27(36)17-4-2-1-3-5-17/h1-11,14-16H,12-13H2,(H2,31,37)(H,32,33,34). The van der Waals surface area contributed by atoms with Crippen molar-refractivity contribution in [1.82, 2.24) is 14.5 Å². The van der Waals surface area contributed by atoms with Crippen molar-refractivity contribution in [2.24, 2.45) is 5.73 Å². The normalized spacial score (nSPS) is 10.8. The van der Waals surface area contributed by atoms with Gasteiger partial charge in [0, 0.05) is 18.0 Å². The van der Waals surface area contributed by atoms with Crippen LogP contribution in [0.4, 0.5) is 20.7 Å². The van der Waals surface area contributed by atoms with E-state index in [9.17, 15) is 14.0 Å². The Bertz CT molecular complexity index is 1700. The summed E-state index contributed by atoms with van der Waals surface area (Å²) < 4.78 is 31.5. The fraction of sp³-hybridized carbons (Fsp3) is 0.0714. The molecule has 0 atom stereocenters. The van der Waals surface area contributed by atoms with Crippen LogP contribution in [0.15, 0.2) is 85.3 Å². The first-order valence-electron chi connectivity index (χ1n) is 11.9. The molecule has 0 aliphatic rings. The van der Waals surface area contributed by atoms with Gasteiger partial charge in [0.25, 0.3) is 0 Å². The number of aromatic nitrogens is 3. The van der Waals surface area contributed by atoms with Gasteiger partial charge in [0.2, 0.25) is 0 Å². The Hall–Kier alpha value is -5.16. The van der Waals surface area contributed by atoms with Gasteiger partial charge in [0.1, 0.15) is 29.9 Å². The molecule has 10 nitrogen and oxygen atoms in total. The van der Waals surface area contributed by atoms with Gasteiger partial charge in [0.05, 0.1) is 22.6 Å². The number of halogens is 2. The van der Waals surface area contributed by atoms with Crippen LogP contribution in [0.25, 0.3) is 11.0 Å². The van der Waals surface area contributed by atoms with Crippen molar-refractivity contribution < 1.29 is 28.2 Å². The highest BCUT2D eigenvalue weighted by Gasteiger charge is 2.14. The van der Waals surface area contributed by atoms with Crippen LogP contribution in [-0.4, -0.2) is 33.2 Å². The van der Waals surface area contributed by atoms with E-state index in [0.29, 0.717) is 34.6 Å². The van der Waals surface area contributed by atoms with Crippen LogP contribution in [0.2, 0.25) is 5.02 Å². The predicted molar refractivity (Wildman–Crippen MR) is 146 cm³/mol. The Morgan fingerprint density at radius 2 is 1.82 bits per heavy atom. The van der Waals surface area contributed by atoms with Crippen molar-refractivity contribution in [2.75, 3.05) is 11.9 Å². The molecule has 0 bridgehead atoms. The van der Waals surface area contributed by atoms with Gasteiger partial charge in [-0.25, -0.2) is 23.9 Å². The van der Waals surface area contributed by atoms with Crippen molar-refractivity contribution in [3.63, 3.8) is 0 Å². The lowest BCUT2D eigenvalue weighted by Gasteiger charge is -2.13. The number of hydrogen-bond donors (Lipinski definition) is 2. The number of carbonyl (C=O) groups is 2. The van der Waals surface area contributed by atoms with Crippen LogP contribution in [0, 0.1) is 5.82 Å². The number of hydrogen-bond acceptors (Lipinski definition) is 8.